The van der Waals surface area contributed by atoms with E-state index in [0.717, 1.165) is 11.3 Å². The predicted octanol–water partition coefficient (Wildman–Crippen LogP) is 3.80. The quantitative estimate of drug-likeness (QED) is 0.349. The first-order chi connectivity index (χ1) is 15.6. The lowest BCUT2D eigenvalue weighted by Crippen LogP contribution is -2.30. The number of furan rings is 1. The zero-order valence-corrected chi connectivity index (χ0v) is 18.5. The first-order valence-electron chi connectivity index (χ1n) is 10.3. The topological polar surface area (TPSA) is 97.1 Å². The van der Waals surface area contributed by atoms with Crippen LogP contribution in [0.5, 0.6) is 11.5 Å². The predicted molar refractivity (Wildman–Crippen MR) is 124 cm³/mol. The number of hydrogen-bond donors (Lipinski definition) is 3. The molecule has 3 aromatic rings. The number of nitrogens with one attached hydrogen (secondary N) is 3. The van der Waals surface area contributed by atoms with Crippen LogP contribution in [-0.2, 0) is 13.1 Å². The van der Waals surface area contributed by atoms with Crippen LogP contribution in [-0.4, -0.2) is 32.6 Å². The molecule has 0 fully saturated rings. The van der Waals surface area contributed by atoms with Crippen molar-refractivity contribution in [1.82, 2.24) is 10.6 Å². The monoisotopic (exact) mass is 436 g/mol. The Labute approximate surface area is 187 Å². The highest BCUT2D eigenvalue weighted by Gasteiger charge is 2.09. The average molecular weight is 437 g/mol. The van der Waals surface area contributed by atoms with Crippen LogP contribution in [0.25, 0.3) is 0 Å². The summed E-state index contributed by atoms with van der Waals surface area (Å²) in [6.45, 7) is 3.32. The number of rotatable bonds is 9. The highest BCUT2D eigenvalue weighted by Crippen LogP contribution is 2.30. The van der Waals surface area contributed by atoms with Crippen molar-refractivity contribution in [3.8, 4) is 11.5 Å². The minimum atomic E-state index is -0.160. The van der Waals surface area contributed by atoms with Gasteiger partial charge in [0, 0.05) is 30.9 Å². The van der Waals surface area contributed by atoms with E-state index in [9.17, 15) is 4.79 Å². The Kier molecular flexibility index (Phi) is 8.14. The molecule has 8 heteroatoms. The summed E-state index contributed by atoms with van der Waals surface area (Å²) in [4.78, 5) is 16.7. The molecule has 3 rings (SSSR count). The van der Waals surface area contributed by atoms with Gasteiger partial charge in [-0.1, -0.05) is 12.1 Å². The van der Waals surface area contributed by atoms with Gasteiger partial charge in [0.15, 0.2) is 17.5 Å². The zero-order chi connectivity index (χ0) is 22.8. The Morgan fingerprint density at radius 1 is 1.03 bits per heavy atom. The molecule has 0 aliphatic heterocycles. The zero-order valence-electron chi connectivity index (χ0n) is 18.5. The van der Waals surface area contributed by atoms with Crippen LogP contribution in [0, 0.1) is 0 Å². The van der Waals surface area contributed by atoms with E-state index in [1.165, 1.54) is 0 Å². The van der Waals surface area contributed by atoms with E-state index in [2.05, 4.69) is 20.9 Å². The van der Waals surface area contributed by atoms with Crippen LogP contribution < -0.4 is 25.4 Å². The fraction of sp³-hybridized carbons (Fsp3) is 0.250. The van der Waals surface area contributed by atoms with E-state index < -0.39 is 0 Å². The molecular formula is C24H28N4O4. The first kappa shape index (κ1) is 22.7. The molecule has 168 valence electrons. The number of ether oxygens (including phenoxy) is 2. The molecule has 0 bridgehead atoms. The Bertz CT molecular complexity index is 1050. The molecule has 0 atom stereocenters. The largest absolute Gasteiger partial charge is 0.493 e. The smallest absolute Gasteiger partial charge is 0.251 e. The molecule has 0 saturated heterocycles. The van der Waals surface area contributed by atoms with Crippen molar-refractivity contribution in [2.75, 3.05) is 26.1 Å². The summed E-state index contributed by atoms with van der Waals surface area (Å²) in [5, 5.41) is 9.33. The van der Waals surface area contributed by atoms with Crippen LogP contribution in [0.2, 0.25) is 0 Å². The van der Waals surface area contributed by atoms with Crippen LogP contribution >= 0.6 is 0 Å². The second-order valence-electron chi connectivity index (χ2n) is 6.81. The number of amides is 1. The van der Waals surface area contributed by atoms with Crippen molar-refractivity contribution < 1.29 is 18.7 Å². The van der Waals surface area contributed by atoms with E-state index in [0.29, 0.717) is 48.5 Å². The number of carbonyl (C=O) groups is 1. The lowest BCUT2D eigenvalue weighted by atomic mass is 10.1. The van der Waals surface area contributed by atoms with Crippen molar-refractivity contribution in [2.45, 2.75) is 20.0 Å². The average Bonchev–Trinajstić information content (AvgIpc) is 3.35. The first-order valence-corrected chi connectivity index (χ1v) is 10.3. The van der Waals surface area contributed by atoms with Crippen LogP contribution in [0.4, 0.5) is 5.69 Å². The lowest BCUT2D eigenvalue weighted by molar-refractivity contribution is 0.0948. The van der Waals surface area contributed by atoms with Crippen molar-refractivity contribution in [2.24, 2.45) is 4.99 Å². The number of guanidine groups is 1. The van der Waals surface area contributed by atoms with E-state index in [4.69, 9.17) is 13.9 Å². The van der Waals surface area contributed by atoms with Gasteiger partial charge in [0.05, 0.1) is 26.5 Å². The second kappa shape index (κ2) is 11.5. The van der Waals surface area contributed by atoms with E-state index in [1.807, 2.05) is 49.4 Å². The maximum Gasteiger partial charge on any atom is 0.251 e. The maximum absolute atomic E-state index is 12.4. The maximum atomic E-state index is 12.4. The number of nitrogens with zero attached hydrogens (tertiary/aromatic N) is 1. The summed E-state index contributed by atoms with van der Waals surface area (Å²) < 4.78 is 16.2. The highest BCUT2D eigenvalue weighted by molar-refractivity contribution is 5.95. The minimum absolute atomic E-state index is 0.160. The van der Waals surface area contributed by atoms with Crippen molar-refractivity contribution in [1.29, 1.82) is 0 Å². The van der Waals surface area contributed by atoms with Gasteiger partial charge in [-0.2, -0.15) is 0 Å². The molecule has 8 nitrogen and oxygen atoms in total. The second-order valence-corrected chi connectivity index (χ2v) is 6.81. The summed E-state index contributed by atoms with van der Waals surface area (Å²) in [5.74, 6) is 2.46. The number of benzene rings is 2. The van der Waals surface area contributed by atoms with Gasteiger partial charge >= 0.3 is 0 Å². The number of carbonyl (C=O) groups excluding carboxylic acids is 1. The molecular weight excluding hydrogens is 408 g/mol. The molecule has 0 aliphatic rings. The highest BCUT2D eigenvalue weighted by atomic mass is 16.5. The molecule has 1 heterocycles. The van der Waals surface area contributed by atoms with Crippen LogP contribution in [0.1, 0.15) is 28.6 Å². The fourth-order valence-corrected chi connectivity index (χ4v) is 3.03. The molecule has 0 unspecified atom stereocenters. The number of anilines is 1. The molecule has 1 amide bonds. The van der Waals surface area contributed by atoms with E-state index >= 15 is 0 Å². The summed E-state index contributed by atoms with van der Waals surface area (Å²) in [5.41, 5.74) is 2.34. The summed E-state index contributed by atoms with van der Waals surface area (Å²) >= 11 is 0. The third kappa shape index (κ3) is 6.28. The van der Waals surface area contributed by atoms with Crippen molar-refractivity contribution in [3.63, 3.8) is 0 Å². The summed E-state index contributed by atoms with van der Waals surface area (Å²) in [7, 11) is 3.30. The van der Waals surface area contributed by atoms with Gasteiger partial charge in [0.2, 0.25) is 0 Å². The summed E-state index contributed by atoms with van der Waals surface area (Å²) in [6, 6.07) is 16.6. The summed E-state index contributed by atoms with van der Waals surface area (Å²) in [6.07, 6.45) is 1.58. The molecule has 0 spiro atoms. The lowest BCUT2D eigenvalue weighted by Gasteiger charge is -2.15. The van der Waals surface area contributed by atoms with Crippen molar-refractivity contribution >= 4 is 17.6 Å². The Hall–Kier alpha value is -3.94. The fourth-order valence-electron chi connectivity index (χ4n) is 3.03. The third-order valence-electron chi connectivity index (χ3n) is 4.60. The Balaban J connectivity index is 1.58. The molecule has 0 radical (unpaired) electrons. The SMILES string of the molecule is CCOc1ccc(NC(=NC)NCc2cccc(C(=O)NCc3ccco3)c2)cc1OC. The molecule has 1 aromatic heterocycles. The van der Waals surface area contributed by atoms with Gasteiger partial charge in [0.25, 0.3) is 5.91 Å². The van der Waals surface area contributed by atoms with Gasteiger partial charge in [-0.05, 0) is 48.9 Å². The van der Waals surface area contributed by atoms with E-state index in [1.54, 1.807) is 32.6 Å². The third-order valence-corrected chi connectivity index (χ3v) is 4.60. The van der Waals surface area contributed by atoms with Gasteiger partial charge in [-0.15, -0.1) is 0 Å². The number of aliphatic imine (C=N–C) groups is 1. The Morgan fingerprint density at radius 2 is 1.91 bits per heavy atom. The standard InChI is InChI=1S/C24H28N4O4/c1-4-31-21-11-10-19(14-22(21)30-3)28-24(25-2)27-15-17-7-5-8-18(13-17)23(29)26-16-20-9-6-12-32-20/h5-14H,4,15-16H2,1-3H3,(H,26,29)(H2,25,27,28). The van der Waals surface area contributed by atoms with Gasteiger partial charge < -0.3 is 29.8 Å². The number of hydrogen-bond acceptors (Lipinski definition) is 5. The van der Waals surface area contributed by atoms with Gasteiger partial charge in [0.1, 0.15) is 5.76 Å². The Morgan fingerprint density at radius 3 is 2.62 bits per heavy atom. The van der Waals surface area contributed by atoms with Gasteiger partial charge in [-0.3, -0.25) is 9.79 Å². The molecule has 32 heavy (non-hydrogen) atoms. The normalized spacial score (nSPS) is 11.0. The van der Waals surface area contributed by atoms with Crippen LogP contribution in [0.3, 0.4) is 0 Å². The minimum Gasteiger partial charge on any atom is -0.493 e. The molecule has 3 N–H and O–H groups in total. The molecule has 0 saturated carbocycles. The van der Waals surface area contributed by atoms with Crippen molar-refractivity contribution in [3.05, 3.63) is 77.7 Å². The molecule has 2 aromatic carbocycles. The van der Waals surface area contributed by atoms with Gasteiger partial charge in [-0.25, -0.2) is 0 Å². The van der Waals surface area contributed by atoms with Crippen LogP contribution in [0.15, 0.2) is 70.3 Å². The van der Waals surface area contributed by atoms with E-state index in [-0.39, 0.29) is 5.91 Å². The number of methoxy groups -OCH3 is 1. The molecule has 0 aliphatic carbocycles.